The fraction of sp³-hybridized carbons (Fsp3) is 0.154. The first kappa shape index (κ1) is 37.8. The van der Waals surface area contributed by atoms with E-state index in [0.717, 1.165) is 32.3 Å². The van der Waals surface area contributed by atoms with Gasteiger partial charge in [0.05, 0.1) is 41.8 Å². The summed E-state index contributed by atoms with van der Waals surface area (Å²) in [6.45, 7) is 0.146. The molecule has 0 saturated heterocycles. The van der Waals surface area contributed by atoms with E-state index in [2.05, 4.69) is 0 Å². The third kappa shape index (κ3) is 9.78. The molecule has 13 nitrogen and oxygen atoms in total. The normalized spacial score (nSPS) is 12.4. The highest BCUT2D eigenvalue weighted by Crippen LogP contribution is 2.54. The summed E-state index contributed by atoms with van der Waals surface area (Å²) < 4.78 is 81.3. The Bertz CT molecular complexity index is 2380. The third-order valence-electron chi connectivity index (χ3n) is 8.18. The van der Waals surface area contributed by atoms with E-state index >= 15 is 0 Å². The molecule has 0 atom stereocenters. The average Bonchev–Trinajstić information content (AvgIpc) is 3.17. The predicted octanol–water partition coefficient (Wildman–Crippen LogP) is 8.25. The van der Waals surface area contributed by atoms with E-state index in [-0.39, 0.29) is 32.1 Å². The zero-order chi connectivity index (χ0) is 38.4. The topological polar surface area (TPSA) is 178 Å². The first-order valence-corrected chi connectivity index (χ1v) is 21.1. The van der Waals surface area contributed by atoms with Gasteiger partial charge in [0.1, 0.15) is 11.5 Å². The Kier molecular flexibility index (Phi) is 11.3. The molecule has 282 valence electrons. The number of hydrogen-bond donors (Lipinski definition) is 2. The van der Waals surface area contributed by atoms with Gasteiger partial charge in [0.2, 0.25) is 0 Å². The quantitative estimate of drug-likeness (QED) is 0.0748. The number of para-hydroxylation sites is 2. The first-order chi connectivity index (χ1) is 26.5. The van der Waals surface area contributed by atoms with E-state index in [1.54, 1.807) is 12.1 Å². The highest BCUT2D eigenvalue weighted by atomic mass is 32.2. The Morgan fingerprint density at radius 3 is 1.53 bits per heavy atom. The minimum Gasteiger partial charge on any atom is -0.494 e. The van der Waals surface area contributed by atoms with Crippen LogP contribution in [0.15, 0.2) is 131 Å². The van der Waals surface area contributed by atoms with Gasteiger partial charge in [0.25, 0.3) is 20.2 Å². The molecule has 6 aromatic rings. The van der Waals surface area contributed by atoms with Crippen molar-refractivity contribution in [2.45, 2.75) is 22.6 Å². The molecular formula is C39H34N4O9S3. The van der Waals surface area contributed by atoms with Gasteiger partial charge in [-0.3, -0.25) is 9.11 Å². The van der Waals surface area contributed by atoms with Gasteiger partial charge in [-0.05, 0) is 61.4 Å². The molecule has 0 bridgehead atoms. The Morgan fingerprint density at radius 1 is 0.564 bits per heavy atom. The van der Waals surface area contributed by atoms with E-state index in [9.17, 15) is 16.8 Å². The van der Waals surface area contributed by atoms with Crippen molar-refractivity contribution in [2.24, 2.45) is 0 Å². The number of benzene rings is 5. The summed E-state index contributed by atoms with van der Waals surface area (Å²) in [5.41, 5.74) is 3.85. The molecular weight excluding hydrogens is 765 g/mol. The van der Waals surface area contributed by atoms with Gasteiger partial charge >= 0.3 is 6.01 Å². The molecule has 0 aliphatic carbocycles. The fourth-order valence-electron chi connectivity index (χ4n) is 5.73. The van der Waals surface area contributed by atoms with E-state index in [1.165, 1.54) is 11.8 Å². The van der Waals surface area contributed by atoms with Crippen LogP contribution in [0.4, 0.5) is 17.1 Å². The maximum atomic E-state index is 11.2. The Labute approximate surface area is 322 Å². The number of fused-ring (bicyclic) bond motifs is 2. The van der Waals surface area contributed by atoms with Gasteiger partial charge in [-0.1, -0.05) is 84.6 Å². The third-order valence-corrected chi connectivity index (χ3v) is 10.9. The SMILES string of the molecule is O=S(=O)(O)CCCOc1ccc2c(c1)Sc1cc(OCCCS(=O)(=O)O)ccc1N2c1ccccc1Oc1nc(-c2ccccc2)nc(-c2ccccc2)n1. The lowest BCUT2D eigenvalue weighted by Gasteiger charge is -2.34. The van der Waals surface area contributed by atoms with Gasteiger partial charge in [-0.25, -0.2) is 4.98 Å². The van der Waals surface area contributed by atoms with Gasteiger partial charge < -0.3 is 19.1 Å². The van der Waals surface area contributed by atoms with Crippen molar-refractivity contribution in [3.8, 4) is 46.0 Å². The molecule has 55 heavy (non-hydrogen) atoms. The zero-order valence-electron chi connectivity index (χ0n) is 29.1. The standard InChI is InChI=1S/C39H34N4O9S3/c44-54(45,46)23-9-21-50-29-17-19-32-35(25-29)53-36-26-30(51-22-10-24-55(47,48)49)18-20-33(36)43(32)31-15-7-8-16-34(31)52-39-41-37(27-11-3-1-4-12-27)40-38(42-39)28-13-5-2-6-14-28/h1-8,11-20,25-26H,9-10,21-24H2,(H,44,45,46)(H,47,48,49). The average molecular weight is 799 g/mol. The fourth-order valence-corrected chi connectivity index (χ4v) is 7.81. The number of ether oxygens (including phenoxy) is 3. The molecule has 0 unspecified atom stereocenters. The van der Waals surface area contributed by atoms with Crippen molar-refractivity contribution in [3.05, 3.63) is 121 Å². The summed E-state index contributed by atoms with van der Waals surface area (Å²) in [6.07, 6.45) is 0.214. The van der Waals surface area contributed by atoms with E-state index in [1.807, 2.05) is 114 Å². The van der Waals surface area contributed by atoms with Gasteiger partial charge in [0, 0.05) is 20.9 Å². The van der Waals surface area contributed by atoms with Crippen LogP contribution in [0.1, 0.15) is 12.8 Å². The lowest BCUT2D eigenvalue weighted by atomic mass is 10.1. The number of rotatable bonds is 15. The molecule has 0 radical (unpaired) electrons. The van der Waals surface area contributed by atoms with Crippen molar-refractivity contribution in [1.82, 2.24) is 15.0 Å². The van der Waals surface area contributed by atoms with E-state index in [4.69, 9.17) is 38.3 Å². The maximum absolute atomic E-state index is 11.2. The molecule has 0 amide bonds. The van der Waals surface area contributed by atoms with Crippen LogP contribution in [0.25, 0.3) is 22.8 Å². The minimum absolute atomic E-state index is 0.0731. The molecule has 5 aromatic carbocycles. The lowest BCUT2D eigenvalue weighted by Crippen LogP contribution is -2.16. The molecule has 1 aliphatic rings. The van der Waals surface area contributed by atoms with Crippen LogP contribution in [-0.4, -0.2) is 65.6 Å². The van der Waals surface area contributed by atoms with Crippen molar-refractivity contribution >= 4 is 49.1 Å². The molecule has 0 fully saturated rings. The summed E-state index contributed by atoms with van der Waals surface area (Å²) >= 11 is 1.46. The second-order valence-corrected chi connectivity index (χ2v) is 16.5. The molecule has 2 N–H and O–H groups in total. The van der Waals surface area contributed by atoms with Crippen LogP contribution >= 0.6 is 11.8 Å². The summed E-state index contributed by atoms with van der Waals surface area (Å²) in [5, 5.41) is 0. The number of aromatic nitrogens is 3. The van der Waals surface area contributed by atoms with Crippen LogP contribution < -0.4 is 19.1 Å². The Morgan fingerprint density at radius 2 is 1.04 bits per heavy atom. The Hall–Kier alpha value is -5.52. The van der Waals surface area contributed by atoms with Crippen LogP contribution in [0.2, 0.25) is 0 Å². The molecule has 1 aromatic heterocycles. The highest BCUT2D eigenvalue weighted by Gasteiger charge is 2.28. The molecule has 1 aliphatic heterocycles. The van der Waals surface area contributed by atoms with Crippen molar-refractivity contribution in [3.63, 3.8) is 0 Å². The van der Waals surface area contributed by atoms with Crippen molar-refractivity contribution in [2.75, 3.05) is 29.6 Å². The Balaban J connectivity index is 1.26. The number of anilines is 3. The van der Waals surface area contributed by atoms with Gasteiger partial charge in [0.15, 0.2) is 17.4 Å². The molecule has 0 spiro atoms. The summed E-state index contributed by atoms with van der Waals surface area (Å²) in [5.74, 6) is 1.50. The summed E-state index contributed by atoms with van der Waals surface area (Å²) in [4.78, 5) is 17.8. The summed E-state index contributed by atoms with van der Waals surface area (Å²) in [7, 11) is -8.23. The molecule has 2 heterocycles. The second kappa shape index (κ2) is 16.5. The maximum Gasteiger partial charge on any atom is 0.326 e. The predicted molar refractivity (Wildman–Crippen MR) is 209 cm³/mol. The van der Waals surface area contributed by atoms with Gasteiger partial charge in [-0.2, -0.15) is 26.8 Å². The van der Waals surface area contributed by atoms with Crippen LogP contribution in [0, 0.1) is 0 Å². The lowest BCUT2D eigenvalue weighted by molar-refractivity contribution is 0.315. The zero-order valence-corrected chi connectivity index (χ0v) is 31.5. The van der Waals surface area contributed by atoms with Crippen LogP contribution in [-0.2, 0) is 20.2 Å². The van der Waals surface area contributed by atoms with E-state index < -0.39 is 31.7 Å². The number of hydrogen-bond acceptors (Lipinski definition) is 12. The summed E-state index contributed by atoms with van der Waals surface area (Å²) in [6, 6.07) is 37.7. The minimum atomic E-state index is -4.11. The molecule has 7 rings (SSSR count). The van der Waals surface area contributed by atoms with Crippen molar-refractivity contribution < 1.29 is 40.2 Å². The van der Waals surface area contributed by atoms with Crippen molar-refractivity contribution in [1.29, 1.82) is 0 Å². The molecule has 0 saturated carbocycles. The van der Waals surface area contributed by atoms with Gasteiger partial charge in [-0.15, -0.1) is 0 Å². The first-order valence-electron chi connectivity index (χ1n) is 17.0. The highest BCUT2D eigenvalue weighted by molar-refractivity contribution is 7.99. The van der Waals surface area contributed by atoms with Crippen LogP contribution in [0.5, 0.6) is 23.3 Å². The monoisotopic (exact) mass is 798 g/mol. The smallest absolute Gasteiger partial charge is 0.326 e. The van der Waals surface area contributed by atoms with E-state index in [0.29, 0.717) is 34.6 Å². The largest absolute Gasteiger partial charge is 0.494 e. The second-order valence-electron chi connectivity index (χ2n) is 12.2. The molecule has 16 heteroatoms. The van der Waals surface area contributed by atoms with Crippen LogP contribution in [0.3, 0.4) is 0 Å². The number of nitrogens with zero attached hydrogens (tertiary/aromatic N) is 4.